The minimum Gasteiger partial charge on any atom is -0.497 e. The molecule has 4 rings (SSSR count). The average molecular weight is 493 g/mol. The fourth-order valence-corrected chi connectivity index (χ4v) is 4.33. The molecule has 0 bridgehead atoms. The van der Waals surface area contributed by atoms with Crippen molar-refractivity contribution >= 4 is 30.0 Å². The number of halogens is 3. The van der Waals surface area contributed by atoms with Gasteiger partial charge in [0.15, 0.2) is 0 Å². The fourth-order valence-electron chi connectivity index (χ4n) is 4.08. The molecule has 1 atom stereocenters. The van der Waals surface area contributed by atoms with Gasteiger partial charge in [-0.2, -0.15) is 4.98 Å². The molecule has 0 saturated heterocycles. The first-order valence-electron chi connectivity index (χ1n) is 11.2. The molecule has 8 heteroatoms. The van der Waals surface area contributed by atoms with Gasteiger partial charge in [-0.15, -0.1) is 17.5 Å². The first kappa shape index (κ1) is 25.3. The van der Waals surface area contributed by atoms with Crippen LogP contribution in [0.3, 0.4) is 0 Å². The predicted octanol–water partition coefficient (Wildman–Crippen LogP) is 6.86. The highest BCUT2D eigenvalue weighted by Gasteiger charge is 2.32. The van der Waals surface area contributed by atoms with Crippen molar-refractivity contribution in [3.8, 4) is 11.4 Å². The van der Waals surface area contributed by atoms with Gasteiger partial charge in [-0.05, 0) is 61.9 Å². The van der Waals surface area contributed by atoms with E-state index >= 15 is 0 Å². The van der Waals surface area contributed by atoms with Crippen molar-refractivity contribution in [2.24, 2.45) is 5.92 Å². The Kier molecular flexibility index (Phi) is 8.24. The number of anilines is 1. The predicted molar refractivity (Wildman–Crippen MR) is 134 cm³/mol. The maximum absolute atomic E-state index is 14.5. The fraction of sp³-hybridized carbons (Fsp3) is 0.440. The highest BCUT2D eigenvalue weighted by Crippen LogP contribution is 2.41. The van der Waals surface area contributed by atoms with Gasteiger partial charge in [0.25, 0.3) is 0 Å². The van der Waals surface area contributed by atoms with Crippen LogP contribution in [-0.2, 0) is 0 Å². The third kappa shape index (κ3) is 5.61. The maximum Gasteiger partial charge on any atom is 0.245 e. The van der Waals surface area contributed by atoms with E-state index in [0.29, 0.717) is 28.2 Å². The lowest BCUT2D eigenvalue weighted by molar-refractivity contribution is 0.414. The minimum atomic E-state index is -0.167. The van der Waals surface area contributed by atoms with Gasteiger partial charge in [0.2, 0.25) is 5.95 Å². The number of ether oxygens (including phenoxy) is 1. The number of aromatic nitrogens is 3. The summed E-state index contributed by atoms with van der Waals surface area (Å²) in [6.45, 7) is 6.64. The number of hydrogen-bond donors (Lipinski definition) is 0. The van der Waals surface area contributed by atoms with E-state index in [-0.39, 0.29) is 24.3 Å². The molecule has 1 aliphatic rings. The van der Waals surface area contributed by atoms with E-state index < -0.39 is 0 Å². The molecule has 0 radical (unpaired) electrons. The van der Waals surface area contributed by atoms with Crippen LogP contribution >= 0.6 is 24.0 Å². The topological polar surface area (TPSA) is 43.2 Å². The zero-order valence-electron chi connectivity index (χ0n) is 19.5. The molecule has 1 aromatic heterocycles. The summed E-state index contributed by atoms with van der Waals surface area (Å²) in [5.41, 5.74) is 2.39. The lowest BCUT2D eigenvalue weighted by Crippen LogP contribution is -2.31. The Balaban J connectivity index is 0.00000306. The van der Waals surface area contributed by atoms with E-state index in [2.05, 4.69) is 11.8 Å². The van der Waals surface area contributed by atoms with Crippen molar-refractivity contribution in [1.29, 1.82) is 0 Å². The molecule has 0 aliphatic heterocycles. The standard InChI is InChI=1S/C25H30ClFN4O.ClH/c1-5-12-30(24(13-18-7-8-18)19-9-6-16(2)22(27)14-19)25-28-17(3)31(29-25)23-11-10-20(32-4)15-21(23)26;/h6,9-11,14-15,18,24H,5,7-8,12-13H2,1-4H3;1H/t24-;/m0./s1. The summed E-state index contributed by atoms with van der Waals surface area (Å²) in [7, 11) is 1.61. The van der Waals surface area contributed by atoms with Crippen LogP contribution in [0.4, 0.5) is 10.3 Å². The Morgan fingerprint density at radius 2 is 1.97 bits per heavy atom. The quantitative estimate of drug-likeness (QED) is 0.327. The smallest absolute Gasteiger partial charge is 0.245 e. The molecule has 0 N–H and O–H groups in total. The number of hydrogen-bond acceptors (Lipinski definition) is 4. The van der Waals surface area contributed by atoms with Gasteiger partial charge in [0.1, 0.15) is 17.4 Å². The molecule has 5 nitrogen and oxygen atoms in total. The van der Waals surface area contributed by atoms with Crippen LogP contribution in [-0.4, -0.2) is 28.4 Å². The Bertz CT molecular complexity index is 1100. The molecule has 3 aromatic rings. The van der Waals surface area contributed by atoms with Crippen LogP contribution in [0, 0.1) is 25.6 Å². The van der Waals surface area contributed by atoms with Gasteiger partial charge in [0.05, 0.1) is 23.9 Å². The van der Waals surface area contributed by atoms with Crippen LogP contribution in [0.5, 0.6) is 5.75 Å². The molecule has 1 aliphatic carbocycles. The highest BCUT2D eigenvalue weighted by molar-refractivity contribution is 6.32. The molecule has 1 fully saturated rings. The van der Waals surface area contributed by atoms with E-state index in [1.807, 2.05) is 31.2 Å². The van der Waals surface area contributed by atoms with E-state index in [0.717, 1.165) is 36.5 Å². The lowest BCUT2D eigenvalue weighted by Gasteiger charge is -2.31. The third-order valence-electron chi connectivity index (χ3n) is 6.07. The van der Waals surface area contributed by atoms with Crippen LogP contribution in [0.25, 0.3) is 5.69 Å². The van der Waals surface area contributed by atoms with Crippen molar-refractivity contribution in [3.63, 3.8) is 0 Å². The number of nitrogens with zero attached hydrogens (tertiary/aromatic N) is 4. The molecule has 0 unspecified atom stereocenters. The second-order valence-corrected chi connectivity index (χ2v) is 8.99. The zero-order chi connectivity index (χ0) is 22.8. The van der Waals surface area contributed by atoms with E-state index in [1.165, 1.54) is 12.8 Å². The summed E-state index contributed by atoms with van der Waals surface area (Å²) in [5, 5.41) is 5.38. The van der Waals surface area contributed by atoms with Gasteiger partial charge in [-0.1, -0.05) is 43.5 Å². The van der Waals surface area contributed by atoms with Gasteiger partial charge < -0.3 is 9.64 Å². The van der Waals surface area contributed by atoms with Crippen LogP contribution in [0.15, 0.2) is 36.4 Å². The van der Waals surface area contributed by atoms with Crippen molar-refractivity contribution in [2.75, 3.05) is 18.6 Å². The Labute approximate surface area is 206 Å². The van der Waals surface area contributed by atoms with Crippen LogP contribution in [0.2, 0.25) is 5.02 Å². The monoisotopic (exact) mass is 492 g/mol. The first-order valence-corrected chi connectivity index (χ1v) is 11.6. The van der Waals surface area contributed by atoms with Crippen molar-refractivity contribution in [2.45, 2.75) is 52.5 Å². The van der Waals surface area contributed by atoms with Crippen LogP contribution < -0.4 is 9.64 Å². The van der Waals surface area contributed by atoms with Gasteiger partial charge in [-0.25, -0.2) is 9.07 Å². The largest absolute Gasteiger partial charge is 0.497 e. The second-order valence-electron chi connectivity index (χ2n) is 8.59. The van der Waals surface area contributed by atoms with E-state index in [9.17, 15) is 4.39 Å². The minimum absolute atomic E-state index is 0. The third-order valence-corrected chi connectivity index (χ3v) is 6.38. The second kappa shape index (κ2) is 10.7. The van der Waals surface area contributed by atoms with Crippen molar-refractivity contribution in [3.05, 3.63) is 64.2 Å². The lowest BCUT2D eigenvalue weighted by atomic mass is 9.98. The van der Waals surface area contributed by atoms with Gasteiger partial charge >= 0.3 is 0 Å². The number of aryl methyl sites for hydroxylation is 2. The molecule has 178 valence electrons. The van der Waals surface area contributed by atoms with E-state index in [1.54, 1.807) is 30.8 Å². The summed E-state index contributed by atoms with van der Waals surface area (Å²) < 4.78 is 21.5. The van der Waals surface area contributed by atoms with Gasteiger partial charge in [0, 0.05) is 12.6 Å². The summed E-state index contributed by atoms with van der Waals surface area (Å²) in [6, 6.07) is 11.1. The Hall–Kier alpha value is -2.31. The molecule has 2 aromatic carbocycles. The number of rotatable bonds is 9. The van der Waals surface area contributed by atoms with Crippen LogP contribution in [0.1, 0.15) is 55.6 Å². The Morgan fingerprint density at radius 1 is 1.21 bits per heavy atom. The molecule has 1 heterocycles. The molecule has 0 amide bonds. The van der Waals surface area contributed by atoms with E-state index in [4.69, 9.17) is 26.4 Å². The summed E-state index contributed by atoms with van der Waals surface area (Å²) >= 11 is 6.51. The molecule has 1 saturated carbocycles. The number of methoxy groups -OCH3 is 1. The molecule has 0 spiro atoms. The Morgan fingerprint density at radius 3 is 2.58 bits per heavy atom. The zero-order valence-corrected chi connectivity index (χ0v) is 21.1. The van der Waals surface area contributed by atoms with Gasteiger partial charge in [-0.3, -0.25) is 0 Å². The maximum atomic E-state index is 14.5. The molecule has 33 heavy (non-hydrogen) atoms. The van der Waals surface area contributed by atoms with Crippen molar-refractivity contribution in [1.82, 2.24) is 14.8 Å². The summed E-state index contributed by atoms with van der Waals surface area (Å²) in [6.07, 6.45) is 4.37. The summed E-state index contributed by atoms with van der Waals surface area (Å²) in [4.78, 5) is 7.02. The number of benzene rings is 2. The average Bonchev–Trinajstić information content (AvgIpc) is 3.52. The first-order chi connectivity index (χ1) is 15.4. The molecular formula is C25H31Cl2FN4O. The normalized spacial score (nSPS) is 14.0. The SMILES string of the molecule is CCCN(c1nc(C)n(-c2ccc(OC)cc2Cl)n1)[C@@H](CC1CC1)c1ccc(C)c(F)c1.Cl. The summed E-state index contributed by atoms with van der Waals surface area (Å²) in [5.74, 6) is 2.58. The highest BCUT2D eigenvalue weighted by atomic mass is 35.5. The molecular weight excluding hydrogens is 462 g/mol. The van der Waals surface area contributed by atoms with Crippen molar-refractivity contribution < 1.29 is 9.13 Å².